The maximum atomic E-state index is 13.8. The number of rotatable bonds is 36. The summed E-state index contributed by atoms with van der Waals surface area (Å²) in [5, 5.41) is 21.6. The molecule has 2 aliphatic rings. The Morgan fingerprint density at radius 2 is 1.62 bits per heavy atom. The average Bonchev–Trinajstić information content (AvgIpc) is 1.73. The van der Waals surface area contributed by atoms with E-state index >= 15 is 0 Å². The van der Waals surface area contributed by atoms with Crippen LogP contribution in [-0.2, 0) is 78.7 Å². The lowest BCUT2D eigenvalue weighted by molar-refractivity contribution is -0.133. The Labute approximate surface area is 522 Å². The Hall–Kier alpha value is -6.81. The predicted molar refractivity (Wildman–Crippen MR) is 324 cm³/mol. The molecule has 2 aromatic carbocycles. The van der Waals surface area contributed by atoms with Gasteiger partial charge < -0.3 is 83.3 Å². The number of H-pyrrole nitrogens is 1. The number of hydrogen-bond acceptors (Lipinski definition) is 24. The number of benzene rings is 2. The Morgan fingerprint density at radius 1 is 0.911 bits per heavy atom. The van der Waals surface area contributed by atoms with E-state index in [1.807, 2.05) is 0 Å². The molecule has 9 N–H and O–H groups in total. The van der Waals surface area contributed by atoms with Crippen molar-refractivity contribution in [3.63, 3.8) is 0 Å². The largest absolute Gasteiger partial charge is 0.474 e. The van der Waals surface area contributed by atoms with Gasteiger partial charge in [-0.05, 0) is 48.6 Å². The fraction of sp³-hybridized carbons (Fsp3) is 0.527. The molecule has 0 spiro atoms. The van der Waals surface area contributed by atoms with E-state index in [0.717, 1.165) is 0 Å². The molecule has 5 amide bonds. The number of aromatic nitrogens is 6. The molecular formula is C55H76N12O20P2S. The zero-order valence-electron chi connectivity index (χ0n) is 49.8. The molecule has 492 valence electrons. The SMILES string of the molecule is CC(C)[C@H](NC(=O)COCCOCCOCCOCCN)C(=O)N[C@@H](C)C(=O)Nc1ccc(COC(=O)N(C)Cc2ccccc2C(=O)Nc2nc3c(ncn3[C@H]3C[C@H](O)[C@@H](CO[PH](=O)OC4C[C@H](Oc5ccncn5)CC4CO[P@](=O)(O)S)O3)c(=O)[nH]2)cc1. The van der Waals surface area contributed by atoms with Gasteiger partial charge in [0.2, 0.25) is 29.5 Å². The van der Waals surface area contributed by atoms with Crippen LogP contribution in [-0.4, -0.2) is 190 Å². The van der Waals surface area contributed by atoms with Gasteiger partial charge >= 0.3 is 21.1 Å². The number of fused-ring (bicyclic) bond motifs is 1. The number of carbonyl (C=O) groups is 5. The molecule has 1 aliphatic heterocycles. The van der Waals surface area contributed by atoms with E-state index in [-0.39, 0.29) is 93.5 Å². The van der Waals surface area contributed by atoms with Gasteiger partial charge in [0.25, 0.3) is 11.5 Å². The Kier molecular flexibility index (Phi) is 27.6. The summed E-state index contributed by atoms with van der Waals surface area (Å²) in [4.78, 5) is 109. The van der Waals surface area contributed by atoms with Crippen molar-refractivity contribution in [3.8, 4) is 5.88 Å². The maximum Gasteiger partial charge on any atom is 0.410 e. The van der Waals surface area contributed by atoms with Crippen LogP contribution in [0.15, 0.2) is 78.2 Å². The van der Waals surface area contributed by atoms with E-state index in [4.69, 9.17) is 52.5 Å². The molecule has 0 bridgehead atoms. The van der Waals surface area contributed by atoms with Crippen LogP contribution >= 0.6 is 27.3 Å². The molecule has 10 atom stereocenters. The molecule has 2 fully saturated rings. The normalized spacial score (nSPS) is 19.8. The molecule has 3 unspecified atom stereocenters. The van der Waals surface area contributed by atoms with E-state index in [0.29, 0.717) is 62.8 Å². The van der Waals surface area contributed by atoms with Gasteiger partial charge in [-0.25, -0.2) is 24.3 Å². The molecule has 3 aromatic heterocycles. The molecule has 90 heavy (non-hydrogen) atoms. The van der Waals surface area contributed by atoms with Gasteiger partial charge in [0.1, 0.15) is 50.1 Å². The average molecular weight is 1320 g/mol. The molecule has 4 heterocycles. The summed E-state index contributed by atoms with van der Waals surface area (Å²) in [7, 11) is -1.78. The standard InChI is InChI=1S/C55H76N12O20P2S/c1-33(2)47(62-44(69)30-81-22-21-80-20-19-79-18-17-78-16-14-56)52(72)60-34(3)50(70)61-38-11-9-35(10-12-38)27-82-55(74)66(4)26-36-7-5-6-8-40(36)51(71)64-54-63-49-48(53(73)65-54)59-32-67(49)46-25-41(68)43(86-46)29-83-88(75)87-42-24-39(85-45-13-15-57-31-58-45)23-37(42)28-84-89(76,77)90/h5-13,15,31-34,37,39,41-43,46-47,68,88H,14,16-30,56H2,1-4H3,(H,60,72)(H,61,70)(H,62,69)(H2,76,77,90)(H2,63,64,65,71,73)/t34-,37?,39+,41-,42?,43+,46+,47-/m0/s1. The number of carbonyl (C=O) groups excluding carboxylic acids is 5. The smallest absolute Gasteiger partial charge is 0.410 e. The monoisotopic (exact) mass is 1320 g/mol. The van der Waals surface area contributed by atoms with Crippen LogP contribution in [0.2, 0.25) is 0 Å². The Morgan fingerprint density at radius 3 is 2.31 bits per heavy atom. The number of aliphatic hydroxyl groups excluding tert-OH is 1. The fourth-order valence-corrected chi connectivity index (χ4v) is 10.8. The van der Waals surface area contributed by atoms with Crippen molar-refractivity contribution in [3.05, 3.63) is 100 Å². The summed E-state index contributed by atoms with van der Waals surface area (Å²) < 4.78 is 81.6. The summed E-state index contributed by atoms with van der Waals surface area (Å²) in [6.07, 6.45) is -0.531. The highest BCUT2D eigenvalue weighted by molar-refractivity contribution is 8.44. The molecule has 5 aromatic rings. The van der Waals surface area contributed by atoms with Crippen LogP contribution in [0.25, 0.3) is 11.2 Å². The Bertz CT molecular complexity index is 3290. The first-order chi connectivity index (χ1) is 43.1. The van der Waals surface area contributed by atoms with Gasteiger partial charge in [-0.2, -0.15) is 4.98 Å². The van der Waals surface area contributed by atoms with E-state index < -0.39 is 99.0 Å². The third-order valence-electron chi connectivity index (χ3n) is 13.9. The minimum atomic E-state index is -4.15. The summed E-state index contributed by atoms with van der Waals surface area (Å²) in [6, 6.07) is 12.5. The number of nitrogens with zero attached hydrogens (tertiary/aromatic N) is 6. The van der Waals surface area contributed by atoms with E-state index in [2.05, 4.69) is 58.4 Å². The van der Waals surface area contributed by atoms with Crippen molar-refractivity contribution < 1.29 is 89.8 Å². The molecular weight excluding hydrogens is 1240 g/mol. The lowest BCUT2D eigenvalue weighted by Gasteiger charge is -2.24. The third kappa shape index (κ3) is 22.2. The number of anilines is 2. The summed E-state index contributed by atoms with van der Waals surface area (Å²) in [5.41, 5.74) is 6.09. The van der Waals surface area contributed by atoms with Gasteiger partial charge in [-0.15, -0.1) is 0 Å². The van der Waals surface area contributed by atoms with Crippen LogP contribution in [0.5, 0.6) is 5.88 Å². The number of amides is 5. The van der Waals surface area contributed by atoms with Crippen LogP contribution in [0.1, 0.15) is 67.7 Å². The summed E-state index contributed by atoms with van der Waals surface area (Å²) >= 11 is 3.57. The number of nitrogens with one attached hydrogen (secondary N) is 5. The zero-order valence-corrected chi connectivity index (χ0v) is 52.6. The Balaban J connectivity index is 0.836. The lowest BCUT2D eigenvalue weighted by Crippen LogP contribution is -2.54. The van der Waals surface area contributed by atoms with Crippen molar-refractivity contribution in [1.29, 1.82) is 0 Å². The van der Waals surface area contributed by atoms with Gasteiger partial charge in [-0.1, -0.05) is 56.4 Å². The molecule has 7 rings (SSSR count). The zero-order chi connectivity index (χ0) is 64.7. The first-order valence-electron chi connectivity index (χ1n) is 28.7. The van der Waals surface area contributed by atoms with Crippen LogP contribution in [0.4, 0.5) is 16.4 Å². The van der Waals surface area contributed by atoms with Crippen LogP contribution < -0.4 is 37.3 Å². The topological polar surface area (TPSA) is 419 Å². The second-order valence-electron chi connectivity index (χ2n) is 21.1. The van der Waals surface area contributed by atoms with Crippen LogP contribution in [0.3, 0.4) is 0 Å². The summed E-state index contributed by atoms with van der Waals surface area (Å²) in [5.74, 6) is -3.11. The number of ether oxygens (including phenoxy) is 7. The summed E-state index contributed by atoms with van der Waals surface area (Å²) in [6.45, 7) is 2.55. The first kappa shape index (κ1) is 70.6. The van der Waals surface area contributed by atoms with Crippen molar-refractivity contribution >= 4 is 79.8 Å². The second-order valence-corrected chi connectivity index (χ2v) is 24.9. The van der Waals surface area contributed by atoms with Crippen LogP contribution in [0, 0.1) is 11.8 Å². The minimum absolute atomic E-state index is 0.000477. The molecule has 1 aliphatic carbocycles. The highest BCUT2D eigenvalue weighted by atomic mass is 32.7. The van der Waals surface area contributed by atoms with E-state index in [1.54, 1.807) is 62.4 Å². The number of imidazole rings is 1. The first-order valence-corrected chi connectivity index (χ1v) is 32.6. The maximum absolute atomic E-state index is 13.8. The predicted octanol–water partition coefficient (Wildman–Crippen LogP) is 2.88. The number of hydrogen-bond donors (Lipinski definition) is 9. The molecule has 35 heteroatoms. The van der Waals surface area contributed by atoms with E-state index in [1.165, 1.54) is 48.4 Å². The van der Waals surface area contributed by atoms with Gasteiger partial charge in [-0.3, -0.25) is 43.4 Å². The van der Waals surface area contributed by atoms with Gasteiger partial charge in [0.15, 0.2) is 11.2 Å². The lowest BCUT2D eigenvalue weighted by atomic mass is 10.0. The van der Waals surface area contributed by atoms with Gasteiger partial charge in [0.05, 0.1) is 78.0 Å². The van der Waals surface area contributed by atoms with Crippen molar-refractivity contribution in [1.82, 2.24) is 45.0 Å². The van der Waals surface area contributed by atoms with Crippen molar-refractivity contribution in [2.45, 2.75) is 95.9 Å². The molecule has 0 radical (unpaired) electrons. The molecule has 32 nitrogen and oxygen atoms in total. The molecule has 1 saturated heterocycles. The second kappa shape index (κ2) is 35.1. The van der Waals surface area contributed by atoms with E-state index in [9.17, 15) is 47.9 Å². The number of aliphatic hydroxyl groups is 1. The fourth-order valence-electron chi connectivity index (χ4n) is 9.30. The van der Waals surface area contributed by atoms with Crippen molar-refractivity contribution in [2.24, 2.45) is 17.6 Å². The third-order valence-corrected chi connectivity index (χ3v) is 15.6. The number of thiol groups is 1. The highest BCUT2D eigenvalue weighted by Crippen LogP contribution is 2.49. The minimum Gasteiger partial charge on any atom is -0.474 e. The number of aromatic amines is 1. The number of nitrogens with two attached hydrogens (primary N) is 1. The van der Waals surface area contributed by atoms with Gasteiger partial charge in [0, 0.05) is 62.4 Å². The highest BCUT2D eigenvalue weighted by Gasteiger charge is 2.41. The quantitative estimate of drug-likeness (QED) is 0.0158. The van der Waals surface area contributed by atoms with Crippen molar-refractivity contribution in [2.75, 3.05) is 90.3 Å². The molecule has 1 saturated carbocycles.